The molecule has 1 atom stereocenters. The summed E-state index contributed by atoms with van der Waals surface area (Å²) in [4.78, 5) is 31.9. The second kappa shape index (κ2) is 5.55. The van der Waals surface area contributed by atoms with E-state index in [0.717, 1.165) is 0 Å². The van der Waals surface area contributed by atoms with Crippen molar-refractivity contribution in [3.63, 3.8) is 0 Å². The van der Waals surface area contributed by atoms with Gasteiger partial charge in [-0.05, 0) is 24.5 Å². The smallest absolute Gasteiger partial charge is 0.253 e. The van der Waals surface area contributed by atoms with Gasteiger partial charge in [-0.1, -0.05) is 29.8 Å². The first-order valence-corrected chi connectivity index (χ1v) is 7.59. The number of halogens is 1. The minimum Gasteiger partial charge on any atom is -0.545 e. The molecule has 0 saturated heterocycles. The van der Waals surface area contributed by atoms with Gasteiger partial charge in [0.1, 0.15) is 11.2 Å². The fraction of sp³-hybridized carbons (Fsp3) is 0.429. The van der Waals surface area contributed by atoms with Gasteiger partial charge in [-0.25, -0.2) is 4.99 Å². The molecule has 2 heterocycles. The monoisotopic (exact) mass is 352 g/mol. The van der Waals surface area contributed by atoms with E-state index in [0.29, 0.717) is 10.9 Å². The molecule has 0 spiro atoms. The van der Waals surface area contributed by atoms with Crippen LogP contribution in [0, 0.1) is 5.92 Å². The lowest BCUT2D eigenvalue weighted by Gasteiger charge is -2.21. The molecule has 1 unspecified atom stereocenters. The summed E-state index contributed by atoms with van der Waals surface area (Å²) >= 11 is 3.24. The van der Waals surface area contributed by atoms with Crippen molar-refractivity contribution in [2.75, 3.05) is 0 Å². The fourth-order valence-corrected chi connectivity index (χ4v) is 2.28. The predicted molar refractivity (Wildman–Crippen MR) is 79.1 cm³/mol. The van der Waals surface area contributed by atoms with Gasteiger partial charge >= 0.3 is 0 Å². The number of carboxylic acids is 1. The average molecular weight is 353 g/mol. The minimum atomic E-state index is -1.35. The number of hydrogen-bond acceptors (Lipinski definition) is 5. The first-order valence-electron chi connectivity index (χ1n) is 6.47. The fourth-order valence-electron chi connectivity index (χ4n) is 1.97. The summed E-state index contributed by atoms with van der Waals surface area (Å²) < 4.78 is 0. The van der Waals surface area contributed by atoms with Crippen molar-refractivity contribution in [1.29, 1.82) is 0 Å². The van der Waals surface area contributed by atoms with Crippen LogP contribution in [0.2, 0.25) is 0 Å². The summed E-state index contributed by atoms with van der Waals surface area (Å²) in [6.07, 6.45) is 1.54. The summed E-state index contributed by atoms with van der Waals surface area (Å²) in [6.45, 7) is 5.48. The maximum absolute atomic E-state index is 12.1. The van der Waals surface area contributed by atoms with Crippen LogP contribution in [-0.2, 0) is 10.1 Å². The zero-order chi connectivity index (χ0) is 15.8. The third-order valence-electron chi connectivity index (χ3n) is 3.70. The van der Waals surface area contributed by atoms with Gasteiger partial charge in [0.05, 0.1) is 5.97 Å². The van der Waals surface area contributed by atoms with E-state index < -0.39 is 11.5 Å². The van der Waals surface area contributed by atoms with Crippen LogP contribution in [0.4, 0.5) is 0 Å². The molecule has 6 nitrogen and oxygen atoms in total. The van der Waals surface area contributed by atoms with Crippen LogP contribution in [0.5, 0.6) is 0 Å². The van der Waals surface area contributed by atoms with Gasteiger partial charge in [0.25, 0.3) is 5.91 Å². The Kier molecular flexibility index (Phi) is 4.13. The van der Waals surface area contributed by atoms with Gasteiger partial charge in [-0.3, -0.25) is 9.78 Å². The third kappa shape index (κ3) is 2.70. The number of carbonyl (C=O) groups excluding carboxylic acids is 2. The normalized spacial score (nSPS) is 21.4. The van der Waals surface area contributed by atoms with Gasteiger partial charge in [0, 0.05) is 17.1 Å². The van der Waals surface area contributed by atoms with Gasteiger partial charge in [0.2, 0.25) is 0 Å². The molecule has 1 N–H and O–H groups in total. The van der Waals surface area contributed by atoms with E-state index in [2.05, 4.69) is 31.2 Å². The molecule has 0 fully saturated rings. The molecule has 2 rings (SSSR count). The first kappa shape index (κ1) is 15.6. The largest absolute Gasteiger partial charge is 0.545 e. The van der Waals surface area contributed by atoms with Crippen molar-refractivity contribution in [2.45, 2.75) is 31.6 Å². The van der Waals surface area contributed by atoms with Crippen LogP contribution in [0.25, 0.3) is 0 Å². The van der Waals surface area contributed by atoms with Gasteiger partial charge in [-0.2, -0.15) is 0 Å². The Morgan fingerprint density at radius 3 is 2.67 bits per heavy atom. The number of hydrogen-bond donors (Lipinski definition) is 1. The number of carboxylic acid groups (broad SMARTS) is 1. The minimum absolute atomic E-state index is 0.0248. The number of aromatic nitrogens is 1. The molecule has 1 aromatic heterocycles. The van der Waals surface area contributed by atoms with E-state index in [4.69, 9.17) is 0 Å². The molecule has 7 heteroatoms. The zero-order valence-corrected chi connectivity index (χ0v) is 13.5. The second-order valence-corrected chi connectivity index (χ2v) is 5.94. The van der Waals surface area contributed by atoms with E-state index in [1.165, 1.54) is 12.3 Å². The van der Waals surface area contributed by atoms with Gasteiger partial charge < -0.3 is 15.2 Å². The van der Waals surface area contributed by atoms with Crippen molar-refractivity contribution in [3.8, 4) is 0 Å². The van der Waals surface area contributed by atoms with Crippen LogP contribution >= 0.6 is 15.9 Å². The molecule has 1 aliphatic rings. The molecule has 0 saturated carbocycles. The van der Waals surface area contributed by atoms with Crippen molar-refractivity contribution in [2.24, 2.45) is 10.9 Å². The number of aliphatic imine (C=N–C) groups is 1. The number of nitrogens with one attached hydrogen (secondary N) is 1. The lowest BCUT2D eigenvalue weighted by atomic mass is 9.89. The Morgan fingerprint density at radius 2 is 2.19 bits per heavy atom. The maximum Gasteiger partial charge on any atom is 0.253 e. The number of carbonyl (C=O) groups is 2. The molecular formula is C14H15BrN3O3-. The molecule has 112 valence electrons. The van der Waals surface area contributed by atoms with Crippen molar-refractivity contribution < 1.29 is 14.7 Å². The molecule has 0 aromatic carbocycles. The summed E-state index contributed by atoms with van der Waals surface area (Å²) in [5, 5.41) is 14.4. The molecule has 21 heavy (non-hydrogen) atoms. The quantitative estimate of drug-likeness (QED) is 0.804. The molecule has 1 aromatic rings. The van der Waals surface area contributed by atoms with E-state index in [1.54, 1.807) is 6.92 Å². The van der Waals surface area contributed by atoms with Gasteiger partial charge in [0.15, 0.2) is 5.84 Å². The Balaban J connectivity index is 2.53. The molecule has 0 bridgehead atoms. The summed E-state index contributed by atoms with van der Waals surface area (Å²) in [5.41, 5.74) is -0.181. The number of amidine groups is 1. The topological polar surface area (TPSA) is 94.5 Å². The number of pyridine rings is 1. The Bertz CT molecular complexity index is 642. The molecular weight excluding hydrogens is 338 g/mol. The zero-order valence-electron chi connectivity index (χ0n) is 11.9. The molecule has 1 amide bonds. The Morgan fingerprint density at radius 1 is 1.52 bits per heavy atom. The Labute approximate surface area is 130 Å². The number of alkyl halides is 1. The third-order valence-corrected chi connectivity index (χ3v) is 4.35. The number of rotatable bonds is 4. The van der Waals surface area contributed by atoms with Crippen molar-refractivity contribution in [3.05, 3.63) is 29.1 Å². The number of aromatic carboxylic acids is 1. The highest BCUT2D eigenvalue weighted by Gasteiger charge is 2.42. The first-order chi connectivity index (χ1) is 9.79. The maximum atomic E-state index is 12.1. The van der Waals surface area contributed by atoms with E-state index >= 15 is 0 Å². The molecule has 0 aliphatic carbocycles. The predicted octanol–water partition coefficient (Wildman–Crippen LogP) is 0.631. The summed E-state index contributed by atoms with van der Waals surface area (Å²) in [7, 11) is 0. The molecule has 1 aliphatic heterocycles. The van der Waals surface area contributed by atoms with Crippen LogP contribution in [-0.4, -0.2) is 28.2 Å². The Hall–Kier alpha value is -1.76. The van der Waals surface area contributed by atoms with E-state index in [1.807, 2.05) is 13.8 Å². The highest BCUT2D eigenvalue weighted by atomic mass is 79.9. The highest BCUT2D eigenvalue weighted by molar-refractivity contribution is 9.08. The van der Waals surface area contributed by atoms with Crippen LogP contribution in [0.15, 0.2) is 17.3 Å². The van der Waals surface area contributed by atoms with Crippen LogP contribution in [0.1, 0.15) is 42.4 Å². The number of nitrogens with zero attached hydrogens (tertiary/aromatic N) is 2. The SMILES string of the molecule is CC(C)C1(C)N=C(c2ncc(CBr)cc2C(=O)[O-])NC1=O. The lowest BCUT2D eigenvalue weighted by Crippen LogP contribution is -2.41. The summed E-state index contributed by atoms with van der Waals surface area (Å²) in [6, 6.07) is 1.46. The van der Waals surface area contributed by atoms with E-state index in [-0.39, 0.29) is 28.9 Å². The number of amides is 1. The highest BCUT2D eigenvalue weighted by Crippen LogP contribution is 2.27. The average Bonchev–Trinajstić information content (AvgIpc) is 2.75. The van der Waals surface area contributed by atoms with Crippen LogP contribution < -0.4 is 10.4 Å². The van der Waals surface area contributed by atoms with E-state index in [9.17, 15) is 14.7 Å². The van der Waals surface area contributed by atoms with Crippen molar-refractivity contribution >= 4 is 33.6 Å². The van der Waals surface area contributed by atoms with Crippen LogP contribution in [0.3, 0.4) is 0 Å². The van der Waals surface area contributed by atoms with Crippen molar-refractivity contribution in [1.82, 2.24) is 10.3 Å². The van der Waals surface area contributed by atoms with Gasteiger partial charge in [-0.15, -0.1) is 0 Å². The second-order valence-electron chi connectivity index (χ2n) is 5.38. The standard InChI is InChI=1S/C14H16BrN3O3/c1-7(2)14(3)13(21)17-11(18-14)10-9(12(19)20)4-8(5-15)6-16-10/h4,6-7H,5H2,1-3H3,(H,19,20)(H,17,18,21)/p-1. The lowest BCUT2D eigenvalue weighted by molar-refractivity contribution is -0.255. The summed E-state index contributed by atoms with van der Waals surface area (Å²) in [5.74, 6) is -1.46. The molecule has 0 radical (unpaired) electrons.